The Bertz CT molecular complexity index is 1150. The van der Waals surface area contributed by atoms with Gasteiger partial charge in [0.2, 0.25) is 5.95 Å². The van der Waals surface area contributed by atoms with Gasteiger partial charge in [-0.25, -0.2) is 23.7 Å². The number of anilines is 2. The zero-order valence-electron chi connectivity index (χ0n) is 15.2. The average molecular weight is 379 g/mol. The summed E-state index contributed by atoms with van der Waals surface area (Å²) in [6, 6.07) is 6.45. The molecule has 9 nitrogen and oxygen atoms in total. The van der Waals surface area contributed by atoms with Crippen LogP contribution in [0.1, 0.15) is 24.7 Å². The van der Waals surface area contributed by atoms with E-state index in [4.69, 9.17) is 5.73 Å². The van der Waals surface area contributed by atoms with Gasteiger partial charge in [-0.2, -0.15) is 15.2 Å². The largest absolute Gasteiger partial charge is 0.368 e. The molecule has 1 aliphatic rings. The van der Waals surface area contributed by atoms with E-state index in [9.17, 15) is 4.39 Å². The van der Waals surface area contributed by atoms with E-state index in [1.54, 1.807) is 36.1 Å². The number of nitrogen functional groups attached to an aromatic ring is 1. The molecule has 1 atom stereocenters. The lowest BCUT2D eigenvalue weighted by Gasteiger charge is -2.23. The van der Waals surface area contributed by atoms with Crippen molar-refractivity contribution in [3.05, 3.63) is 48.4 Å². The van der Waals surface area contributed by atoms with E-state index in [0.29, 0.717) is 23.1 Å². The molecule has 142 valence electrons. The smallest absolute Gasteiger partial charge is 0.218 e. The predicted molar refractivity (Wildman–Crippen MR) is 101 cm³/mol. The van der Waals surface area contributed by atoms with Gasteiger partial charge in [0.1, 0.15) is 23.6 Å². The number of nitrogens with zero attached hydrogens (tertiary/aromatic N) is 8. The maximum atomic E-state index is 14.3. The van der Waals surface area contributed by atoms with Crippen LogP contribution >= 0.6 is 0 Å². The lowest BCUT2D eigenvalue weighted by atomic mass is 10.2. The normalized spacial score (nSPS) is 16.9. The Morgan fingerprint density at radius 2 is 2.07 bits per heavy atom. The number of aryl methyl sites for hydroxylation is 1. The molecule has 0 radical (unpaired) electrons. The molecule has 0 spiro atoms. The molecule has 3 aromatic heterocycles. The van der Waals surface area contributed by atoms with Crippen molar-refractivity contribution in [2.75, 3.05) is 17.2 Å². The molecule has 4 heterocycles. The van der Waals surface area contributed by atoms with E-state index in [2.05, 4.69) is 30.0 Å². The summed E-state index contributed by atoms with van der Waals surface area (Å²) < 4.78 is 17.3. The molecule has 5 rings (SSSR count). The summed E-state index contributed by atoms with van der Waals surface area (Å²) in [4.78, 5) is 15.4. The molecular weight excluding hydrogens is 361 g/mol. The van der Waals surface area contributed by atoms with Gasteiger partial charge in [0.15, 0.2) is 11.5 Å². The van der Waals surface area contributed by atoms with Crippen molar-refractivity contribution in [2.24, 2.45) is 7.05 Å². The van der Waals surface area contributed by atoms with Crippen LogP contribution in [0.2, 0.25) is 0 Å². The quantitative estimate of drug-likeness (QED) is 0.581. The van der Waals surface area contributed by atoms with Gasteiger partial charge >= 0.3 is 0 Å². The SMILES string of the molecule is Cn1nc([C@@H]2CCCN2c2ncnc3c2cnn3-c2ccccc2F)nc1N. The summed E-state index contributed by atoms with van der Waals surface area (Å²) in [5, 5.41) is 9.56. The fourth-order valence-corrected chi connectivity index (χ4v) is 3.71. The fourth-order valence-electron chi connectivity index (χ4n) is 3.71. The van der Waals surface area contributed by atoms with Crippen LogP contribution in [-0.4, -0.2) is 41.1 Å². The molecule has 28 heavy (non-hydrogen) atoms. The van der Waals surface area contributed by atoms with Crippen LogP contribution < -0.4 is 10.6 Å². The Kier molecular flexibility index (Phi) is 3.71. The highest BCUT2D eigenvalue weighted by molar-refractivity contribution is 5.88. The molecule has 0 bridgehead atoms. The monoisotopic (exact) mass is 379 g/mol. The minimum absolute atomic E-state index is 0.0292. The lowest BCUT2D eigenvalue weighted by Crippen LogP contribution is -2.25. The molecule has 1 aliphatic heterocycles. The lowest BCUT2D eigenvalue weighted by molar-refractivity contribution is 0.612. The van der Waals surface area contributed by atoms with Gasteiger partial charge in [-0.05, 0) is 25.0 Å². The van der Waals surface area contributed by atoms with Gasteiger partial charge in [-0.1, -0.05) is 12.1 Å². The first-order chi connectivity index (χ1) is 13.6. The summed E-state index contributed by atoms with van der Waals surface area (Å²) in [5.41, 5.74) is 6.76. The number of rotatable bonds is 3. The second-order valence-electron chi connectivity index (χ2n) is 6.75. The highest BCUT2D eigenvalue weighted by Crippen LogP contribution is 2.37. The highest BCUT2D eigenvalue weighted by atomic mass is 19.1. The molecule has 1 saturated heterocycles. The zero-order chi connectivity index (χ0) is 19.3. The topological polar surface area (TPSA) is 104 Å². The third-order valence-electron chi connectivity index (χ3n) is 5.06. The van der Waals surface area contributed by atoms with E-state index in [0.717, 1.165) is 30.6 Å². The van der Waals surface area contributed by atoms with Crippen LogP contribution in [0.4, 0.5) is 16.2 Å². The number of nitrogens with two attached hydrogens (primary N) is 1. The van der Waals surface area contributed by atoms with Crippen LogP contribution in [0, 0.1) is 5.82 Å². The number of aromatic nitrogens is 7. The zero-order valence-corrected chi connectivity index (χ0v) is 15.2. The van der Waals surface area contributed by atoms with Crippen LogP contribution in [0.3, 0.4) is 0 Å². The van der Waals surface area contributed by atoms with E-state index in [-0.39, 0.29) is 11.9 Å². The molecule has 2 N–H and O–H groups in total. The second-order valence-corrected chi connectivity index (χ2v) is 6.75. The van der Waals surface area contributed by atoms with Crippen LogP contribution in [0.25, 0.3) is 16.7 Å². The Hall–Kier alpha value is -3.56. The molecular formula is C18H18FN9. The Balaban J connectivity index is 1.61. The first kappa shape index (κ1) is 16.6. The van der Waals surface area contributed by atoms with Gasteiger partial charge in [0, 0.05) is 13.6 Å². The molecule has 0 aliphatic carbocycles. The van der Waals surface area contributed by atoms with Crippen molar-refractivity contribution in [2.45, 2.75) is 18.9 Å². The van der Waals surface area contributed by atoms with E-state index < -0.39 is 0 Å². The Labute approximate surface area is 159 Å². The fraction of sp³-hybridized carbons (Fsp3) is 0.278. The minimum atomic E-state index is -0.361. The predicted octanol–water partition coefficient (Wildman–Crippen LogP) is 2.01. The Morgan fingerprint density at radius 3 is 2.86 bits per heavy atom. The summed E-state index contributed by atoms with van der Waals surface area (Å²) in [6.45, 7) is 0.805. The standard InChI is InChI=1S/C18H18FN9/c1-26-18(20)24-15(25-26)14-7-4-8-27(14)16-11-9-23-28(17(11)22-10-21-16)13-6-3-2-5-12(13)19/h2-3,5-6,9-10,14H,4,7-8H2,1H3,(H2,20,24,25)/t14-/m0/s1. The van der Waals surface area contributed by atoms with E-state index in [1.165, 1.54) is 17.1 Å². The van der Waals surface area contributed by atoms with Crippen molar-refractivity contribution in [3.8, 4) is 5.69 Å². The van der Waals surface area contributed by atoms with Crippen molar-refractivity contribution in [1.82, 2.24) is 34.5 Å². The average Bonchev–Trinajstić information content (AvgIpc) is 3.41. The molecule has 4 aromatic rings. The van der Waals surface area contributed by atoms with Gasteiger partial charge in [0.25, 0.3) is 0 Å². The first-order valence-electron chi connectivity index (χ1n) is 9.00. The molecule has 0 amide bonds. The number of hydrogen-bond donors (Lipinski definition) is 1. The van der Waals surface area contributed by atoms with Gasteiger partial charge in [0.05, 0.1) is 17.6 Å². The molecule has 0 unspecified atom stereocenters. The van der Waals surface area contributed by atoms with Crippen LogP contribution in [0.5, 0.6) is 0 Å². The number of fused-ring (bicyclic) bond motifs is 1. The molecule has 0 saturated carbocycles. The van der Waals surface area contributed by atoms with Crippen molar-refractivity contribution >= 4 is 22.8 Å². The molecule has 1 aromatic carbocycles. The first-order valence-corrected chi connectivity index (χ1v) is 9.00. The van der Waals surface area contributed by atoms with Crippen molar-refractivity contribution in [1.29, 1.82) is 0 Å². The van der Waals surface area contributed by atoms with Gasteiger partial charge in [-0.15, -0.1) is 0 Å². The second kappa shape index (κ2) is 6.25. The maximum Gasteiger partial charge on any atom is 0.218 e. The van der Waals surface area contributed by atoms with Crippen LogP contribution in [-0.2, 0) is 7.05 Å². The van der Waals surface area contributed by atoms with E-state index in [1.807, 2.05) is 0 Å². The summed E-state index contributed by atoms with van der Waals surface area (Å²) in [6.07, 6.45) is 5.03. The Morgan fingerprint density at radius 1 is 1.21 bits per heavy atom. The number of halogens is 1. The third kappa shape index (κ3) is 2.48. The third-order valence-corrected chi connectivity index (χ3v) is 5.06. The molecule has 10 heteroatoms. The highest BCUT2D eigenvalue weighted by Gasteiger charge is 2.32. The van der Waals surface area contributed by atoms with Crippen LogP contribution in [0.15, 0.2) is 36.8 Å². The number of benzene rings is 1. The van der Waals surface area contributed by atoms with Gasteiger partial charge in [-0.3, -0.25) is 0 Å². The summed E-state index contributed by atoms with van der Waals surface area (Å²) in [5.74, 6) is 1.42. The van der Waals surface area contributed by atoms with Gasteiger partial charge < -0.3 is 10.6 Å². The summed E-state index contributed by atoms with van der Waals surface area (Å²) >= 11 is 0. The minimum Gasteiger partial charge on any atom is -0.368 e. The number of hydrogen-bond acceptors (Lipinski definition) is 7. The summed E-state index contributed by atoms with van der Waals surface area (Å²) in [7, 11) is 1.77. The number of para-hydroxylation sites is 1. The van der Waals surface area contributed by atoms with Crippen molar-refractivity contribution in [3.63, 3.8) is 0 Å². The maximum absolute atomic E-state index is 14.3. The van der Waals surface area contributed by atoms with Crippen molar-refractivity contribution < 1.29 is 4.39 Å². The van der Waals surface area contributed by atoms with E-state index >= 15 is 0 Å². The molecule has 1 fully saturated rings.